The summed E-state index contributed by atoms with van der Waals surface area (Å²) >= 11 is 0. The normalized spacial score (nSPS) is 14.2. The second-order valence-electron chi connectivity index (χ2n) is 7.19. The predicted octanol–water partition coefficient (Wildman–Crippen LogP) is 4.15. The van der Waals surface area contributed by atoms with Crippen molar-refractivity contribution in [3.8, 4) is 0 Å². The fourth-order valence-corrected chi connectivity index (χ4v) is 3.20. The average molecular weight is 405 g/mol. The van der Waals surface area contributed by atoms with Crippen LogP contribution in [-0.2, 0) is 17.5 Å². The van der Waals surface area contributed by atoms with Gasteiger partial charge in [0.05, 0.1) is 11.3 Å². The number of carbonyl (C=O) groups is 2. The lowest BCUT2D eigenvalue weighted by atomic mass is 10.1. The number of anilines is 2. The molecule has 3 rings (SSSR count). The highest BCUT2D eigenvalue weighted by Crippen LogP contribution is 2.37. The lowest BCUT2D eigenvalue weighted by Crippen LogP contribution is -2.23. The van der Waals surface area contributed by atoms with Gasteiger partial charge in [0, 0.05) is 44.9 Å². The standard InChI is InChI=1S/C21H22F3N3O2/c1-26(2)16-9-10-18(17(12-16)21(22,23)24)25-20(29)15-7-5-14(6-8-15)13-27-11-3-4-19(27)28/h5-10,12H,3-4,11,13H2,1-2H3,(H,25,29). The zero-order chi connectivity index (χ0) is 21.2. The van der Waals surface area contributed by atoms with E-state index in [9.17, 15) is 22.8 Å². The largest absolute Gasteiger partial charge is 0.418 e. The van der Waals surface area contributed by atoms with Crippen molar-refractivity contribution in [1.82, 2.24) is 4.90 Å². The number of nitrogens with zero attached hydrogens (tertiary/aromatic N) is 2. The molecule has 1 saturated heterocycles. The third kappa shape index (κ3) is 4.88. The Kier molecular flexibility index (Phi) is 5.81. The highest BCUT2D eigenvalue weighted by molar-refractivity contribution is 6.04. The molecular weight excluding hydrogens is 383 g/mol. The van der Waals surface area contributed by atoms with Crippen molar-refractivity contribution in [3.63, 3.8) is 0 Å². The van der Waals surface area contributed by atoms with E-state index < -0.39 is 17.6 Å². The Balaban J connectivity index is 1.75. The molecule has 1 N–H and O–H groups in total. The summed E-state index contributed by atoms with van der Waals surface area (Å²) in [7, 11) is 3.29. The molecule has 0 unspecified atom stereocenters. The zero-order valence-electron chi connectivity index (χ0n) is 16.2. The Morgan fingerprint density at radius 1 is 1.14 bits per heavy atom. The van der Waals surface area contributed by atoms with Gasteiger partial charge in [-0.2, -0.15) is 13.2 Å². The van der Waals surface area contributed by atoms with Crippen molar-refractivity contribution in [2.75, 3.05) is 30.9 Å². The van der Waals surface area contributed by atoms with Crippen molar-refractivity contribution < 1.29 is 22.8 Å². The molecule has 2 aromatic rings. The van der Waals surface area contributed by atoms with Crippen LogP contribution in [0, 0.1) is 0 Å². The van der Waals surface area contributed by atoms with Gasteiger partial charge in [0.15, 0.2) is 0 Å². The Morgan fingerprint density at radius 3 is 2.38 bits per heavy atom. The number of benzene rings is 2. The molecule has 0 aromatic heterocycles. The minimum atomic E-state index is -4.60. The number of carbonyl (C=O) groups excluding carboxylic acids is 2. The van der Waals surface area contributed by atoms with E-state index in [0.717, 1.165) is 18.1 Å². The van der Waals surface area contributed by atoms with Gasteiger partial charge in [-0.1, -0.05) is 12.1 Å². The molecule has 0 saturated carbocycles. The Labute approximate surface area is 167 Å². The maximum absolute atomic E-state index is 13.4. The molecule has 5 nitrogen and oxygen atoms in total. The SMILES string of the molecule is CN(C)c1ccc(NC(=O)c2ccc(CN3CCCC3=O)cc2)c(C(F)(F)F)c1. The van der Waals surface area contributed by atoms with Crippen LogP contribution in [0.2, 0.25) is 0 Å². The van der Waals surface area contributed by atoms with E-state index in [-0.39, 0.29) is 17.2 Å². The summed E-state index contributed by atoms with van der Waals surface area (Å²) < 4.78 is 40.3. The second-order valence-corrected chi connectivity index (χ2v) is 7.19. The number of nitrogens with one attached hydrogen (secondary N) is 1. The third-order valence-electron chi connectivity index (χ3n) is 4.83. The molecule has 0 bridgehead atoms. The Bertz CT molecular complexity index is 908. The van der Waals surface area contributed by atoms with Gasteiger partial charge in [0.25, 0.3) is 5.91 Å². The summed E-state index contributed by atoms with van der Waals surface area (Å²) in [6.45, 7) is 1.18. The lowest BCUT2D eigenvalue weighted by Gasteiger charge is -2.19. The Hall–Kier alpha value is -3.03. The highest BCUT2D eigenvalue weighted by atomic mass is 19.4. The summed E-state index contributed by atoms with van der Waals surface area (Å²) in [6.07, 6.45) is -3.21. The molecular formula is C21H22F3N3O2. The minimum Gasteiger partial charge on any atom is -0.378 e. The van der Waals surface area contributed by atoms with Crippen LogP contribution in [0.25, 0.3) is 0 Å². The first-order chi connectivity index (χ1) is 13.6. The van der Waals surface area contributed by atoms with Crippen LogP contribution in [0.4, 0.5) is 24.5 Å². The number of likely N-dealkylation sites (tertiary alicyclic amines) is 1. The summed E-state index contributed by atoms with van der Waals surface area (Å²) in [6, 6.07) is 10.3. The molecule has 1 aliphatic heterocycles. The number of rotatable bonds is 5. The van der Waals surface area contributed by atoms with Crippen molar-refractivity contribution in [1.29, 1.82) is 0 Å². The van der Waals surface area contributed by atoms with Gasteiger partial charge in [0.2, 0.25) is 5.91 Å². The lowest BCUT2D eigenvalue weighted by molar-refractivity contribution is -0.137. The first-order valence-corrected chi connectivity index (χ1v) is 9.22. The molecule has 2 amide bonds. The average Bonchev–Trinajstić information content (AvgIpc) is 3.06. The zero-order valence-corrected chi connectivity index (χ0v) is 16.2. The maximum atomic E-state index is 13.4. The molecule has 1 aliphatic rings. The van der Waals surface area contributed by atoms with Crippen LogP contribution in [-0.4, -0.2) is 37.4 Å². The van der Waals surface area contributed by atoms with Crippen LogP contribution in [0.3, 0.4) is 0 Å². The maximum Gasteiger partial charge on any atom is 0.418 e. The van der Waals surface area contributed by atoms with Crippen molar-refractivity contribution in [3.05, 3.63) is 59.2 Å². The number of halogens is 3. The number of amides is 2. The van der Waals surface area contributed by atoms with Crippen molar-refractivity contribution in [2.24, 2.45) is 0 Å². The van der Waals surface area contributed by atoms with Gasteiger partial charge < -0.3 is 15.1 Å². The molecule has 8 heteroatoms. The molecule has 0 atom stereocenters. The summed E-state index contributed by atoms with van der Waals surface area (Å²) in [5, 5.41) is 2.36. The monoisotopic (exact) mass is 405 g/mol. The van der Waals surface area contributed by atoms with Crippen LogP contribution in [0.15, 0.2) is 42.5 Å². The van der Waals surface area contributed by atoms with Crippen LogP contribution in [0.5, 0.6) is 0 Å². The molecule has 154 valence electrons. The molecule has 0 radical (unpaired) electrons. The predicted molar refractivity (Wildman–Crippen MR) is 105 cm³/mol. The van der Waals surface area contributed by atoms with E-state index in [4.69, 9.17) is 0 Å². The highest BCUT2D eigenvalue weighted by Gasteiger charge is 2.34. The number of alkyl halides is 3. The quantitative estimate of drug-likeness (QED) is 0.813. The van der Waals surface area contributed by atoms with Gasteiger partial charge in [-0.05, 0) is 42.3 Å². The van der Waals surface area contributed by atoms with E-state index in [1.54, 1.807) is 48.2 Å². The summed E-state index contributed by atoms with van der Waals surface area (Å²) in [5.41, 5.74) is 0.298. The molecule has 1 heterocycles. The molecule has 2 aromatic carbocycles. The number of hydrogen-bond donors (Lipinski definition) is 1. The van der Waals surface area contributed by atoms with Crippen LogP contribution >= 0.6 is 0 Å². The molecule has 1 fully saturated rings. The van der Waals surface area contributed by atoms with Crippen LogP contribution in [0.1, 0.15) is 34.3 Å². The first-order valence-electron chi connectivity index (χ1n) is 9.22. The summed E-state index contributed by atoms with van der Waals surface area (Å²) in [5.74, 6) is -0.524. The molecule has 0 spiro atoms. The van der Waals surface area contributed by atoms with Gasteiger partial charge in [0.1, 0.15) is 0 Å². The minimum absolute atomic E-state index is 0.104. The smallest absolute Gasteiger partial charge is 0.378 e. The Morgan fingerprint density at radius 2 is 1.83 bits per heavy atom. The van der Waals surface area contributed by atoms with Crippen molar-refractivity contribution >= 4 is 23.2 Å². The molecule has 29 heavy (non-hydrogen) atoms. The van der Waals surface area contributed by atoms with E-state index in [1.807, 2.05) is 0 Å². The third-order valence-corrected chi connectivity index (χ3v) is 4.83. The van der Waals surface area contributed by atoms with E-state index in [2.05, 4.69) is 5.32 Å². The van der Waals surface area contributed by atoms with Crippen molar-refractivity contribution in [2.45, 2.75) is 25.6 Å². The molecule has 0 aliphatic carbocycles. The van der Waals surface area contributed by atoms with E-state index >= 15 is 0 Å². The fraction of sp³-hybridized carbons (Fsp3) is 0.333. The number of hydrogen-bond acceptors (Lipinski definition) is 3. The van der Waals surface area contributed by atoms with Gasteiger partial charge in [-0.3, -0.25) is 9.59 Å². The summed E-state index contributed by atoms with van der Waals surface area (Å²) in [4.78, 5) is 27.5. The van der Waals surface area contributed by atoms with Gasteiger partial charge >= 0.3 is 6.18 Å². The van der Waals surface area contributed by atoms with E-state index in [0.29, 0.717) is 25.2 Å². The van der Waals surface area contributed by atoms with E-state index in [1.165, 1.54) is 12.1 Å². The fourth-order valence-electron chi connectivity index (χ4n) is 3.20. The van der Waals surface area contributed by atoms with Gasteiger partial charge in [-0.25, -0.2) is 0 Å². The van der Waals surface area contributed by atoms with Gasteiger partial charge in [-0.15, -0.1) is 0 Å². The topological polar surface area (TPSA) is 52.7 Å². The van der Waals surface area contributed by atoms with Crippen LogP contribution < -0.4 is 10.2 Å². The second kappa shape index (κ2) is 8.14. The first kappa shape index (κ1) is 20.7.